The fourth-order valence-corrected chi connectivity index (χ4v) is 2.32. The Morgan fingerprint density at radius 1 is 1.31 bits per heavy atom. The van der Waals surface area contributed by atoms with Gasteiger partial charge < -0.3 is 5.32 Å². The lowest BCUT2D eigenvalue weighted by Crippen LogP contribution is -2.29. The van der Waals surface area contributed by atoms with Gasteiger partial charge in [-0.3, -0.25) is 0 Å². The summed E-state index contributed by atoms with van der Waals surface area (Å²) in [7, 11) is 0. The molecule has 0 aromatic carbocycles. The van der Waals surface area contributed by atoms with Gasteiger partial charge in [0.2, 0.25) is 5.95 Å². The van der Waals surface area contributed by atoms with Crippen LogP contribution in [0.3, 0.4) is 0 Å². The fourth-order valence-electron chi connectivity index (χ4n) is 2.32. The van der Waals surface area contributed by atoms with E-state index in [0.717, 1.165) is 6.54 Å². The maximum absolute atomic E-state index is 12.8. The van der Waals surface area contributed by atoms with Crippen molar-refractivity contribution in [2.75, 3.05) is 11.9 Å². The van der Waals surface area contributed by atoms with Gasteiger partial charge >= 0.3 is 0 Å². The van der Waals surface area contributed by atoms with E-state index in [4.69, 9.17) is 0 Å². The maximum Gasteiger partial charge on any atom is 0.217 e. The average molecular weight is 223 g/mol. The molecule has 0 saturated heterocycles. The molecule has 1 N–H and O–H groups in total. The number of anilines is 1. The highest BCUT2D eigenvalue weighted by molar-refractivity contribution is 5.32. The van der Waals surface area contributed by atoms with Crippen LogP contribution in [0.4, 0.5) is 10.2 Å². The number of nitrogens with zero attached hydrogens (tertiary/aromatic N) is 2. The van der Waals surface area contributed by atoms with Crippen molar-refractivity contribution in [1.29, 1.82) is 0 Å². The molecule has 16 heavy (non-hydrogen) atoms. The van der Waals surface area contributed by atoms with Crippen molar-refractivity contribution >= 4 is 5.82 Å². The first-order chi connectivity index (χ1) is 7.68. The predicted octanol–water partition coefficient (Wildman–Crippen LogP) is 3.00. The van der Waals surface area contributed by atoms with Gasteiger partial charge in [0.25, 0.3) is 0 Å². The Morgan fingerprint density at radius 3 is 2.75 bits per heavy atom. The second-order valence-electron chi connectivity index (χ2n) is 4.95. The van der Waals surface area contributed by atoms with Crippen molar-refractivity contribution in [3.63, 3.8) is 0 Å². The third kappa shape index (κ3) is 2.90. The van der Waals surface area contributed by atoms with E-state index in [1.807, 2.05) is 0 Å². The SMILES string of the molecule is CC1(CNc2cc(F)ncn2)CCCCC1. The molecule has 3 nitrogen and oxygen atoms in total. The largest absolute Gasteiger partial charge is 0.369 e. The van der Waals surface area contributed by atoms with E-state index in [0.29, 0.717) is 11.2 Å². The zero-order valence-corrected chi connectivity index (χ0v) is 9.67. The van der Waals surface area contributed by atoms with Crippen LogP contribution in [0.1, 0.15) is 39.0 Å². The summed E-state index contributed by atoms with van der Waals surface area (Å²) in [6, 6.07) is 1.34. The van der Waals surface area contributed by atoms with Crippen LogP contribution in [0, 0.1) is 11.4 Å². The first-order valence-corrected chi connectivity index (χ1v) is 5.89. The van der Waals surface area contributed by atoms with Gasteiger partial charge in [0.15, 0.2) is 0 Å². The van der Waals surface area contributed by atoms with E-state index in [-0.39, 0.29) is 0 Å². The van der Waals surface area contributed by atoms with Crippen LogP contribution in [-0.4, -0.2) is 16.5 Å². The Kier molecular flexibility index (Phi) is 3.36. The summed E-state index contributed by atoms with van der Waals surface area (Å²) in [5, 5.41) is 3.20. The summed E-state index contributed by atoms with van der Waals surface area (Å²) >= 11 is 0. The molecule has 0 unspecified atom stereocenters. The highest BCUT2D eigenvalue weighted by Gasteiger charge is 2.26. The predicted molar refractivity (Wildman–Crippen MR) is 61.7 cm³/mol. The average Bonchev–Trinajstić information content (AvgIpc) is 2.28. The highest BCUT2D eigenvalue weighted by atomic mass is 19.1. The van der Waals surface area contributed by atoms with Crippen molar-refractivity contribution in [3.05, 3.63) is 18.3 Å². The molecule has 0 radical (unpaired) electrons. The van der Waals surface area contributed by atoms with Gasteiger partial charge in [-0.15, -0.1) is 0 Å². The third-order valence-electron chi connectivity index (χ3n) is 3.39. The second kappa shape index (κ2) is 4.76. The summed E-state index contributed by atoms with van der Waals surface area (Å²) in [5.74, 6) is 0.102. The summed E-state index contributed by atoms with van der Waals surface area (Å²) in [6.07, 6.45) is 7.69. The maximum atomic E-state index is 12.8. The van der Waals surface area contributed by atoms with Crippen molar-refractivity contribution < 1.29 is 4.39 Å². The second-order valence-corrected chi connectivity index (χ2v) is 4.95. The molecule has 1 aliphatic rings. The van der Waals surface area contributed by atoms with Gasteiger partial charge in [0.05, 0.1) is 0 Å². The molecule has 0 bridgehead atoms. The minimum atomic E-state index is -0.480. The Morgan fingerprint density at radius 2 is 2.06 bits per heavy atom. The smallest absolute Gasteiger partial charge is 0.217 e. The summed E-state index contributed by atoms with van der Waals surface area (Å²) < 4.78 is 12.8. The first kappa shape index (κ1) is 11.3. The quantitative estimate of drug-likeness (QED) is 0.800. The first-order valence-electron chi connectivity index (χ1n) is 5.89. The van der Waals surface area contributed by atoms with E-state index in [9.17, 15) is 4.39 Å². The molecular formula is C12H18FN3. The molecule has 4 heteroatoms. The van der Waals surface area contributed by atoms with E-state index >= 15 is 0 Å². The minimum Gasteiger partial charge on any atom is -0.369 e. The van der Waals surface area contributed by atoms with Crippen molar-refractivity contribution in [2.45, 2.75) is 39.0 Å². The fraction of sp³-hybridized carbons (Fsp3) is 0.667. The van der Waals surface area contributed by atoms with Gasteiger partial charge in [-0.1, -0.05) is 26.2 Å². The molecule has 1 heterocycles. The molecule has 0 aliphatic heterocycles. The molecule has 0 spiro atoms. The van der Waals surface area contributed by atoms with Gasteiger partial charge in [-0.2, -0.15) is 4.39 Å². The van der Waals surface area contributed by atoms with E-state index < -0.39 is 5.95 Å². The number of aromatic nitrogens is 2. The Balaban J connectivity index is 1.91. The van der Waals surface area contributed by atoms with Gasteiger partial charge in [-0.05, 0) is 18.3 Å². The van der Waals surface area contributed by atoms with Crippen LogP contribution in [0.2, 0.25) is 0 Å². The van der Waals surface area contributed by atoms with E-state index in [2.05, 4.69) is 22.2 Å². The molecule has 2 rings (SSSR count). The van der Waals surface area contributed by atoms with Crippen molar-refractivity contribution in [2.24, 2.45) is 5.41 Å². The van der Waals surface area contributed by atoms with E-state index in [1.54, 1.807) is 0 Å². The molecule has 1 fully saturated rings. The third-order valence-corrected chi connectivity index (χ3v) is 3.39. The number of rotatable bonds is 3. The van der Waals surface area contributed by atoms with Crippen LogP contribution in [0.25, 0.3) is 0 Å². The normalized spacial score (nSPS) is 19.4. The summed E-state index contributed by atoms with van der Waals surface area (Å²) in [4.78, 5) is 7.43. The highest BCUT2D eigenvalue weighted by Crippen LogP contribution is 2.35. The zero-order valence-electron chi connectivity index (χ0n) is 9.67. The van der Waals surface area contributed by atoms with Gasteiger partial charge in [-0.25, -0.2) is 9.97 Å². The number of nitrogens with one attached hydrogen (secondary N) is 1. The lowest BCUT2D eigenvalue weighted by atomic mass is 9.76. The number of hydrogen-bond acceptors (Lipinski definition) is 3. The molecule has 0 atom stereocenters. The van der Waals surface area contributed by atoms with E-state index in [1.165, 1.54) is 44.5 Å². The molecule has 1 aromatic rings. The standard InChI is InChI=1S/C12H18FN3/c1-12(5-3-2-4-6-12)8-14-11-7-10(13)15-9-16-11/h7,9H,2-6,8H2,1H3,(H,14,15,16). The molecule has 88 valence electrons. The number of hydrogen-bond donors (Lipinski definition) is 1. The molecule has 0 amide bonds. The van der Waals surface area contributed by atoms with Crippen molar-refractivity contribution in [1.82, 2.24) is 9.97 Å². The summed E-state index contributed by atoms with van der Waals surface area (Å²) in [6.45, 7) is 3.15. The van der Waals surface area contributed by atoms with Crippen LogP contribution >= 0.6 is 0 Å². The Bertz CT molecular complexity index is 348. The summed E-state index contributed by atoms with van der Waals surface area (Å²) in [5.41, 5.74) is 0.333. The van der Waals surface area contributed by atoms with Crippen molar-refractivity contribution in [3.8, 4) is 0 Å². The zero-order chi connectivity index (χ0) is 11.4. The topological polar surface area (TPSA) is 37.8 Å². The Hall–Kier alpha value is -1.19. The van der Waals surface area contributed by atoms with Gasteiger partial charge in [0.1, 0.15) is 12.1 Å². The van der Waals surface area contributed by atoms with Crippen LogP contribution < -0.4 is 5.32 Å². The molecular weight excluding hydrogens is 205 g/mol. The lowest BCUT2D eigenvalue weighted by molar-refractivity contribution is 0.233. The monoisotopic (exact) mass is 223 g/mol. The number of halogens is 1. The van der Waals surface area contributed by atoms with Crippen LogP contribution in [0.15, 0.2) is 12.4 Å². The van der Waals surface area contributed by atoms with Crippen LogP contribution in [0.5, 0.6) is 0 Å². The minimum absolute atomic E-state index is 0.333. The van der Waals surface area contributed by atoms with Gasteiger partial charge in [0, 0.05) is 12.6 Å². The van der Waals surface area contributed by atoms with Crippen LogP contribution in [-0.2, 0) is 0 Å². The lowest BCUT2D eigenvalue weighted by Gasteiger charge is -2.33. The molecule has 1 aromatic heterocycles. The molecule has 1 saturated carbocycles. The molecule has 1 aliphatic carbocycles. The Labute approximate surface area is 95.5 Å².